The fraction of sp³-hybridized carbons (Fsp3) is 0.455. The minimum absolute atomic E-state index is 0.366. The highest BCUT2D eigenvalue weighted by molar-refractivity contribution is 6.30. The third kappa shape index (κ3) is 2.08. The predicted octanol–water partition coefficient (Wildman–Crippen LogP) is 1.87. The number of nitrogens with one attached hydrogen (secondary N) is 1. The van der Waals surface area contributed by atoms with Gasteiger partial charge in [0.1, 0.15) is 0 Å². The van der Waals surface area contributed by atoms with Crippen molar-refractivity contribution in [3.05, 3.63) is 34.9 Å². The number of rotatable bonds is 3. The lowest BCUT2D eigenvalue weighted by Crippen LogP contribution is -2.59. The Bertz CT molecular complexity index is 297. The molecule has 0 aliphatic carbocycles. The van der Waals surface area contributed by atoms with Gasteiger partial charge < -0.3 is 10.1 Å². The molecule has 0 bridgehead atoms. The number of hydrogen-bond donors (Lipinski definition) is 1. The van der Waals surface area contributed by atoms with Crippen LogP contribution < -0.4 is 5.32 Å². The fourth-order valence-corrected chi connectivity index (χ4v) is 1.83. The summed E-state index contributed by atoms with van der Waals surface area (Å²) in [5.74, 6) is 0. The number of ether oxygens (including phenoxy) is 1. The van der Waals surface area contributed by atoms with E-state index in [9.17, 15) is 0 Å². The molecule has 0 radical (unpaired) electrons. The molecule has 1 aliphatic heterocycles. The summed E-state index contributed by atoms with van der Waals surface area (Å²) in [6, 6.07) is 8.44. The van der Waals surface area contributed by atoms with Crippen molar-refractivity contribution in [2.75, 3.05) is 13.7 Å². The van der Waals surface area contributed by atoms with E-state index in [1.165, 1.54) is 5.56 Å². The molecule has 14 heavy (non-hydrogen) atoms. The van der Waals surface area contributed by atoms with Crippen LogP contribution in [0.15, 0.2) is 24.3 Å². The second kappa shape index (κ2) is 4.30. The van der Waals surface area contributed by atoms with Crippen LogP contribution in [0, 0.1) is 0 Å². The number of methoxy groups -OCH3 is 1. The average Bonchev–Trinajstić information content (AvgIpc) is 2.16. The Morgan fingerprint density at radius 3 is 2.64 bits per heavy atom. The van der Waals surface area contributed by atoms with Gasteiger partial charge in [0.15, 0.2) is 0 Å². The molecule has 0 unspecified atom stereocenters. The van der Waals surface area contributed by atoms with Crippen LogP contribution >= 0.6 is 11.6 Å². The Hall–Kier alpha value is -0.570. The molecule has 0 aromatic heterocycles. The van der Waals surface area contributed by atoms with E-state index < -0.39 is 0 Å². The second-order valence-corrected chi connectivity index (χ2v) is 4.06. The van der Waals surface area contributed by atoms with E-state index in [0.717, 1.165) is 18.0 Å². The lowest BCUT2D eigenvalue weighted by atomic mass is 9.95. The number of halogens is 1. The van der Waals surface area contributed by atoms with Crippen molar-refractivity contribution in [3.8, 4) is 0 Å². The van der Waals surface area contributed by atoms with Gasteiger partial charge in [-0.3, -0.25) is 0 Å². The third-order valence-electron chi connectivity index (χ3n) is 2.70. The summed E-state index contributed by atoms with van der Waals surface area (Å²) in [6.45, 7) is 0.967. The zero-order chi connectivity index (χ0) is 9.97. The van der Waals surface area contributed by atoms with Gasteiger partial charge in [0, 0.05) is 24.7 Å². The molecular weight excluding hydrogens is 198 g/mol. The lowest BCUT2D eigenvalue weighted by Gasteiger charge is -2.37. The van der Waals surface area contributed by atoms with E-state index in [2.05, 4.69) is 17.4 Å². The van der Waals surface area contributed by atoms with Gasteiger partial charge in [0.25, 0.3) is 0 Å². The van der Waals surface area contributed by atoms with E-state index in [4.69, 9.17) is 16.3 Å². The maximum atomic E-state index is 5.81. The average molecular weight is 212 g/mol. The molecule has 0 amide bonds. The summed E-state index contributed by atoms with van der Waals surface area (Å²) in [5.41, 5.74) is 1.30. The Balaban J connectivity index is 1.94. The summed E-state index contributed by atoms with van der Waals surface area (Å²) in [7, 11) is 1.76. The normalized spacial score (nSPS) is 25.9. The summed E-state index contributed by atoms with van der Waals surface area (Å²) >= 11 is 5.81. The second-order valence-electron chi connectivity index (χ2n) is 3.62. The molecule has 1 aromatic rings. The van der Waals surface area contributed by atoms with Gasteiger partial charge >= 0.3 is 0 Å². The van der Waals surface area contributed by atoms with E-state index in [0.29, 0.717) is 12.1 Å². The summed E-state index contributed by atoms with van der Waals surface area (Å²) in [5, 5.41) is 4.14. The molecule has 1 N–H and O–H groups in total. The zero-order valence-corrected chi connectivity index (χ0v) is 8.92. The van der Waals surface area contributed by atoms with Crippen LogP contribution in [0.2, 0.25) is 5.02 Å². The van der Waals surface area contributed by atoms with Crippen molar-refractivity contribution < 1.29 is 4.74 Å². The molecule has 2 atom stereocenters. The highest BCUT2D eigenvalue weighted by Crippen LogP contribution is 2.16. The van der Waals surface area contributed by atoms with E-state index >= 15 is 0 Å². The SMILES string of the molecule is CO[C@H]1CN[C@H]1Cc1ccc(Cl)cc1. The topological polar surface area (TPSA) is 21.3 Å². The molecule has 1 heterocycles. The number of hydrogen-bond acceptors (Lipinski definition) is 2. The van der Waals surface area contributed by atoms with Crippen LogP contribution in [0.4, 0.5) is 0 Å². The highest BCUT2D eigenvalue weighted by atomic mass is 35.5. The van der Waals surface area contributed by atoms with Crippen LogP contribution in [-0.4, -0.2) is 25.8 Å². The quantitative estimate of drug-likeness (QED) is 0.824. The predicted molar refractivity (Wildman–Crippen MR) is 57.7 cm³/mol. The third-order valence-corrected chi connectivity index (χ3v) is 2.95. The number of benzene rings is 1. The molecular formula is C11H14ClNO. The van der Waals surface area contributed by atoms with Crippen molar-refractivity contribution in [1.29, 1.82) is 0 Å². The smallest absolute Gasteiger partial charge is 0.0851 e. The van der Waals surface area contributed by atoms with Crippen LogP contribution in [0.3, 0.4) is 0 Å². The van der Waals surface area contributed by atoms with Crippen molar-refractivity contribution in [2.24, 2.45) is 0 Å². The first-order valence-corrected chi connectivity index (χ1v) is 5.18. The van der Waals surface area contributed by atoms with Crippen LogP contribution in [-0.2, 0) is 11.2 Å². The largest absolute Gasteiger partial charge is 0.378 e. The molecule has 76 valence electrons. The van der Waals surface area contributed by atoms with Gasteiger partial charge in [-0.15, -0.1) is 0 Å². The fourth-order valence-electron chi connectivity index (χ4n) is 1.71. The molecule has 1 aliphatic rings. The maximum absolute atomic E-state index is 5.81. The maximum Gasteiger partial charge on any atom is 0.0851 e. The van der Waals surface area contributed by atoms with Crippen molar-refractivity contribution in [3.63, 3.8) is 0 Å². The first-order valence-electron chi connectivity index (χ1n) is 4.80. The molecule has 0 saturated carbocycles. The van der Waals surface area contributed by atoms with Gasteiger partial charge in [-0.2, -0.15) is 0 Å². The summed E-state index contributed by atoms with van der Waals surface area (Å²) < 4.78 is 5.31. The van der Waals surface area contributed by atoms with Gasteiger partial charge in [-0.1, -0.05) is 23.7 Å². The Morgan fingerprint density at radius 1 is 1.43 bits per heavy atom. The first-order chi connectivity index (χ1) is 6.79. The minimum Gasteiger partial charge on any atom is -0.378 e. The summed E-state index contributed by atoms with van der Waals surface area (Å²) in [4.78, 5) is 0. The van der Waals surface area contributed by atoms with E-state index in [1.54, 1.807) is 7.11 Å². The molecule has 1 saturated heterocycles. The van der Waals surface area contributed by atoms with E-state index in [-0.39, 0.29) is 0 Å². The van der Waals surface area contributed by atoms with Crippen LogP contribution in [0.1, 0.15) is 5.56 Å². The van der Waals surface area contributed by atoms with Crippen molar-refractivity contribution in [2.45, 2.75) is 18.6 Å². The van der Waals surface area contributed by atoms with Gasteiger partial charge in [0.05, 0.1) is 6.10 Å². The Kier molecular flexibility index (Phi) is 3.06. The summed E-state index contributed by atoms with van der Waals surface area (Å²) in [6.07, 6.45) is 1.38. The molecule has 2 rings (SSSR count). The molecule has 3 heteroatoms. The first kappa shape index (κ1) is 9.97. The van der Waals surface area contributed by atoms with Gasteiger partial charge in [-0.25, -0.2) is 0 Å². The Labute approximate surface area is 89.2 Å². The van der Waals surface area contributed by atoms with Crippen LogP contribution in [0.5, 0.6) is 0 Å². The van der Waals surface area contributed by atoms with E-state index in [1.807, 2.05) is 12.1 Å². The van der Waals surface area contributed by atoms with Crippen molar-refractivity contribution in [1.82, 2.24) is 5.32 Å². The van der Waals surface area contributed by atoms with Gasteiger partial charge in [0.2, 0.25) is 0 Å². The Morgan fingerprint density at radius 2 is 2.14 bits per heavy atom. The molecule has 1 fully saturated rings. The van der Waals surface area contributed by atoms with Crippen LogP contribution in [0.25, 0.3) is 0 Å². The standard InChI is InChI=1S/C11H14ClNO/c1-14-11-7-13-10(11)6-8-2-4-9(12)5-3-8/h2-5,10-11,13H,6-7H2,1H3/t10-,11-/m0/s1. The monoisotopic (exact) mass is 211 g/mol. The highest BCUT2D eigenvalue weighted by Gasteiger charge is 2.29. The van der Waals surface area contributed by atoms with Crippen molar-refractivity contribution >= 4 is 11.6 Å². The molecule has 1 aromatic carbocycles. The zero-order valence-electron chi connectivity index (χ0n) is 8.16. The molecule has 0 spiro atoms. The van der Waals surface area contributed by atoms with Gasteiger partial charge in [-0.05, 0) is 24.1 Å². The lowest BCUT2D eigenvalue weighted by molar-refractivity contribution is 0.0163. The minimum atomic E-state index is 0.366. The molecule has 2 nitrogen and oxygen atoms in total.